The number of nitrogens with zero attached hydrogens (tertiary/aromatic N) is 2. The molecule has 0 aliphatic rings. The fraction of sp³-hybridized carbons (Fsp3) is 0.500. The summed E-state index contributed by atoms with van der Waals surface area (Å²) >= 11 is 0. The molecule has 0 unspecified atom stereocenters. The van der Waals surface area contributed by atoms with Crippen molar-refractivity contribution in [3.05, 3.63) is 40.3 Å². The van der Waals surface area contributed by atoms with Gasteiger partial charge in [-0.2, -0.15) is 0 Å². The Hall–Kier alpha value is -2.74. The highest BCUT2D eigenvalue weighted by atomic mass is 16.5. The van der Waals surface area contributed by atoms with Gasteiger partial charge in [0.25, 0.3) is 5.56 Å². The van der Waals surface area contributed by atoms with E-state index in [-0.39, 0.29) is 30.0 Å². The number of methoxy groups -OCH3 is 1. The molecule has 2 rings (SSSR count). The number of H-pyrrole nitrogens is 1. The fourth-order valence-electron chi connectivity index (χ4n) is 2.43. The molecule has 2 aromatic rings. The van der Waals surface area contributed by atoms with E-state index in [9.17, 15) is 9.59 Å². The molecule has 8 nitrogen and oxygen atoms in total. The van der Waals surface area contributed by atoms with Crippen molar-refractivity contribution in [1.29, 1.82) is 0 Å². The summed E-state index contributed by atoms with van der Waals surface area (Å²) in [5.74, 6) is 1.53. The van der Waals surface area contributed by atoms with E-state index in [1.54, 1.807) is 31.4 Å². The van der Waals surface area contributed by atoms with Gasteiger partial charge in [-0.25, -0.2) is 0 Å². The van der Waals surface area contributed by atoms with Gasteiger partial charge in [0.1, 0.15) is 18.1 Å². The molecule has 1 amide bonds. The van der Waals surface area contributed by atoms with E-state index in [0.717, 1.165) is 12.0 Å². The Morgan fingerprint density at radius 1 is 1.18 bits per heavy atom. The Bertz CT molecular complexity index is 803. The van der Waals surface area contributed by atoms with Crippen molar-refractivity contribution in [3.63, 3.8) is 0 Å². The topological polar surface area (TPSA) is 106 Å². The maximum Gasteiger partial charge on any atom is 0.273 e. The minimum atomic E-state index is -0.333. The lowest BCUT2D eigenvalue weighted by molar-refractivity contribution is -0.121. The molecule has 0 saturated carbocycles. The molecule has 0 aliphatic carbocycles. The first-order valence-electron chi connectivity index (χ1n) is 9.44. The second kappa shape index (κ2) is 11.2. The highest BCUT2D eigenvalue weighted by Gasteiger charge is 2.10. The molecule has 0 saturated heterocycles. The number of aromatic nitrogens is 3. The van der Waals surface area contributed by atoms with Gasteiger partial charge in [0.05, 0.1) is 6.61 Å². The van der Waals surface area contributed by atoms with Crippen LogP contribution in [0.5, 0.6) is 5.75 Å². The summed E-state index contributed by atoms with van der Waals surface area (Å²) in [7, 11) is 1.62. The summed E-state index contributed by atoms with van der Waals surface area (Å²) in [6.07, 6.45) is 1.39. The molecule has 0 radical (unpaired) electrons. The molecular weight excluding hydrogens is 360 g/mol. The van der Waals surface area contributed by atoms with Crippen molar-refractivity contribution in [2.45, 2.75) is 33.1 Å². The van der Waals surface area contributed by atoms with Crippen LogP contribution in [0.3, 0.4) is 0 Å². The van der Waals surface area contributed by atoms with Crippen molar-refractivity contribution >= 4 is 5.91 Å². The lowest BCUT2D eigenvalue weighted by Gasteiger charge is -2.07. The second-order valence-corrected chi connectivity index (χ2v) is 6.85. The molecule has 28 heavy (non-hydrogen) atoms. The van der Waals surface area contributed by atoms with Crippen molar-refractivity contribution in [1.82, 2.24) is 20.5 Å². The van der Waals surface area contributed by atoms with Crippen LogP contribution in [0.15, 0.2) is 29.1 Å². The van der Waals surface area contributed by atoms with Crippen molar-refractivity contribution < 1.29 is 14.3 Å². The molecule has 2 N–H and O–H groups in total. The normalized spacial score (nSPS) is 10.9. The molecule has 0 fully saturated rings. The van der Waals surface area contributed by atoms with E-state index in [4.69, 9.17) is 9.47 Å². The number of carbonyl (C=O) groups excluding carboxylic acids is 1. The third kappa shape index (κ3) is 7.11. The first-order chi connectivity index (χ1) is 13.5. The van der Waals surface area contributed by atoms with Crippen LogP contribution in [0.2, 0.25) is 0 Å². The number of nitrogens with one attached hydrogen (secondary N) is 2. The van der Waals surface area contributed by atoms with Crippen LogP contribution in [-0.4, -0.2) is 48.0 Å². The van der Waals surface area contributed by atoms with Gasteiger partial charge in [0.15, 0.2) is 5.82 Å². The third-order valence-electron chi connectivity index (χ3n) is 4.08. The van der Waals surface area contributed by atoms with Gasteiger partial charge in [-0.3, -0.25) is 9.59 Å². The average Bonchev–Trinajstić information content (AvgIpc) is 2.67. The number of benzene rings is 1. The summed E-state index contributed by atoms with van der Waals surface area (Å²) in [4.78, 5) is 26.8. The number of hydrogen-bond acceptors (Lipinski definition) is 6. The predicted octanol–water partition coefficient (Wildman–Crippen LogP) is 1.95. The Balaban J connectivity index is 1.91. The zero-order chi connectivity index (χ0) is 20.4. The van der Waals surface area contributed by atoms with Crippen molar-refractivity contribution in [2.24, 2.45) is 5.92 Å². The van der Waals surface area contributed by atoms with Gasteiger partial charge in [-0.15, -0.1) is 10.2 Å². The number of ether oxygens (including phenoxy) is 2. The monoisotopic (exact) mass is 388 g/mol. The zero-order valence-electron chi connectivity index (χ0n) is 16.7. The molecule has 0 bridgehead atoms. The summed E-state index contributed by atoms with van der Waals surface area (Å²) in [5, 5.41) is 10.9. The predicted molar refractivity (Wildman–Crippen MR) is 106 cm³/mol. The lowest BCUT2D eigenvalue weighted by Crippen LogP contribution is -2.27. The van der Waals surface area contributed by atoms with Crippen LogP contribution in [-0.2, 0) is 16.0 Å². The smallest absolute Gasteiger partial charge is 0.273 e. The molecular formula is C20H28N4O4. The standard InChI is InChI=1S/C20H28N4O4/c1-14(2)10-11-21-18(25)9-8-17-20(26)22-19(24-23-17)15-4-6-16(7-5-15)28-13-12-27-3/h4-7,14H,8-13H2,1-3H3,(H,21,25)(H,22,24,26). The summed E-state index contributed by atoms with van der Waals surface area (Å²) < 4.78 is 10.4. The third-order valence-corrected chi connectivity index (χ3v) is 4.08. The van der Waals surface area contributed by atoms with E-state index in [2.05, 4.69) is 34.3 Å². The van der Waals surface area contributed by atoms with E-state index < -0.39 is 0 Å². The summed E-state index contributed by atoms with van der Waals surface area (Å²) in [5.41, 5.74) is 0.643. The molecule has 1 aromatic carbocycles. The molecule has 8 heteroatoms. The molecule has 0 spiro atoms. The van der Waals surface area contributed by atoms with Crippen molar-refractivity contribution in [2.75, 3.05) is 26.9 Å². The Morgan fingerprint density at radius 3 is 2.57 bits per heavy atom. The number of carbonyl (C=O) groups is 1. The van der Waals surface area contributed by atoms with Gasteiger partial charge in [-0.05, 0) is 36.6 Å². The Labute approximate surface area is 164 Å². The van der Waals surface area contributed by atoms with Crippen LogP contribution in [0.25, 0.3) is 11.4 Å². The highest BCUT2D eigenvalue weighted by molar-refractivity contribution is 5.76. The average molecular weight is 388 g/mol. The molecule has 152 valence electrons. The highest BCUT2D eigenvalue weighted by Crippen LogP contribution is 2.18. The number of amides is 1. The van der Waals surface area contributed by atoms with E-state index in [1.807, 2.05) is 0 Å². The number of aryl methyl sites for hydroxylation is 1. The quantitative estimate of drug-likeness (QED) is 0.570. The molecule has 0 aliphatic heterocycles. The Kier molecular flexibility index (Phi) is 8.61. The first-order valence-corrected chi connectivity index (χ1v) is 9.44. The van der Waals surface area contributed by atoms with E-state index >= 15 is 0 Å². The molecule has 0 atom stereocenters. The SMILES string of the molecule is COCCOc1ccc(-c2nnc(CCC(=O)NCCC(C)C)c(=O)[nH]2)cc1. The molecule has 1 aromatic heterocycles. The summed E-state index contributed by atoms with van der Waals surface area (Å²) in [6, 6.07) is 7.18. The minimum Gasteiger partial charge on any atom is -0.491 e. The number of aromatic amines is 1. The van der Waals surface area contributed by atoms with Crippen LogP contribution in [0.1, 0.15) is 32.4 Å². The van der Waals surface area contributed by atoms with Gasteiger partial charge < -0.3 is 19.8 Å². The number of rotatable bonds is 11. The van der Waals surface area contributed by atoms with Crippen LogP contribution < -0.4 is 15.6 Å². The second-order valence-electron chi connectivity index (χ2n) is 6.85. The van der Waals surface area contributed by atoms with Crippen molar-refractivity contribution in [3.8, 4) is 17.1 Å². The van der Waals surface area contributed by atoms with Gasteiger partial charge in [0.2, 0.25) is 5.91 Å². The van der Waals surface area contributed by atoms with Gasteiger partial charge in [-0.1, -0.05) is 13.8 Å². The Morgan fingerprint density at radius 2 is 1.93 bits per heavy atom. The van der Waals surface area contributed by atoms with E-state index in [0.29, 0.717) is 37.3 Å². The number of hydrogen-bond donors (Lipinski definition) is 2. The van der Waals surface area contributed by atoms with Crippen LogP contribution in [0, 0.1) is 5.92 Å². The van der Waals surface area contributed by atoms with Gasteiger partial charge >= 0.3 is 0 Å². The van der Waals surface area contributed by atoms with Crippen LogP contribution in [0.4, 0.5) is 0 Å². The lowest BCUT2D eigenvalue weighted by atomic mass is 10.1. The van der Waals surface area contributed by atoms with Gasteiger partial charge in [0, 0.05) is 32.1 Å². The maximum absolute atomic E-state index is 12.2. The van der Waals surface area contributed by atoms with Crippen LogP contribution >= 0.6 is 0 Å². The summed E-state index contributed by atoms with van der Waals surface area (Å²) in [6.45, 7) is 5.82. The minimum absolute atomic E-state index is 0.0880. The molecule has 1 heterocycles. The zero-order valence-corrected chi connectivity index (χ0v) is 16.7. The van der Waals surface area contributed by atoms with E-state index in [1.165, 1.54) is 0 Å². The maximum atomic E-state index is 12.2. The first kappa shape index (κ1) is 21.6. The fourth-order valence-corrected chi connectivity index (χ4v) is 2.43. The largest absolute Gasteiger partial charge is 0.491 e.